The monoisotopic (exact) mass is 335 g/mol. The van der Waals surface area contributed by atoms with Gasteiger partial charge in [-0.2, -0.15) is 9.29 Å². The summed E-state index contributed by atoms with van der Waals surface area (Å²) in [5, 5.41) is 3.74. The van der Waals surface area contributed by atoms with Crippen LogP contribution >= 0.6 is 0 Å². The predicted octanol–water partition coefficient (Wildman–Crippen LogP) is 2.11. The zero-order valence-electron chi connectivity index (χ0n) is 12.9. The van der Waals surface area contributed by atoms with E-state index in [-0.39, 0.29) is 10.7 Å². The molecule has 1 aliphatic rings. The highest BCUT2D eigenvalue weighted by molar-refractivity contribution is 7.89. The molecule has 0 amide bonds. The number of benzene rings is 1. The molecule has 1 aliphatic heterocycles. The van der Waals surface area contributed by atoms with Crippen molar-refractivity contribution in [1.29, 1.82) is 0 Å². The van der Waals surface area contributed by atoms with Gasteiger partial charge in [-0.15, -0.1) is 0 Å². The summed E-state index contributed by atoms with van der Waals surface area (Å²) in [6.07, 6.45) is 1.38. The van der Waals surface area contributed by atoms with Crippen molar-refractivity contribution in [1.82, 2.24) is 14.4 Å². The zero-order valence-corrected chi connectivity index (χ0v) is 13.7. The maximum Gasteiger partial charge on any atom is 0.245 e. The lowest BCUT2D eigenvalue weighted by atomic mass is 10.2. The summed E-state index contributed by atoms with van der Waals surface area (Å²) < 4.78 is 32.3. The lowest BCUT2D eigenvalue weighted by Crippen LogP contribution is -2.30. The Morgan fingerprint density at radius 2 is 2.00 bits per heavy atom. The fourth-order valence-corrected chi connectivity index (χ4v) is 4.37. The van der Waals surface area contributed by atoms with E-state index in [2.05, 4.69) is 10.1 Å². The third-order valence-electron chi connectivity index (χ3n) is 3.90. The van der Waals surface area contributed by atoms with Gasteiger partial charge in [-0.3, -0.25) is 4.79 Å². The van der Waals surface area contributed by atoms with Crippen molar-refractivity contribution in [3.05, 3.63) is 41.5 Å². The highest BCUT2D eigenvalue weighted by Crippen LogP contribution is 2.35. The Morgan fingerprint density at radius 3 is 2.57 bits per heavy atom. The maximum atomic E-state index is 12.9. The van der Waals surface area contributed by atoms with Crippen molar-refractivity contribution in [3.8, 4) is 0 Å². The molecule has 7 nitrogen and oxygen atoms in total. The molecule has 1 fully saturated rings. The van der Waals surface area contributed by atoms with E-state index in [4.69, 9.17) is 4.52 Å². The minimum Gasteiger partial charge on any atom is -0.338 e. The van der Waals surface area contributed by atoms with E-state index in [1.165, 1.54) is 35.5 Å². The third kappa shape index (κ3) is 2.91. The Kier molecular flexibility index (Phi) is 4.03. The number of hydrogen-bond donors (Lipinski definition) is 0. The van der Waals surface area contributed by atoms with E-state index in [0.29, 0.717) is 30.2 Å². The van der Waals surface area contributed by atoms with Crippen LogP contribution in [0.4, 0.5) is 0 Å². The van der Waals surface area contributed by atoms with Crippen LogP contribution in [0.5, 0.6) is 0 Å². The Hall–Kier alpha value is -2.06. The van der Waals surface area contributed by atoms with Crippen LogP contribution in [0.25, 0.3) is 0 Å². The van der Waals surface area contributed by atoms with Crippen LogP contribution in [0.2, 0.25) is 0 Å². The molecule has 1 unspecified atom stereocenters. The van der Waals surface area contributed by atoms with Gasteiger partial charge in [0.1, 0.15) is 6.04 Å². The molecule has 122 valence electrons. The number of sulfonamides is 1. The summed E-state index contributed by atoms with van der Waals surface area (Å²) in [7, 11) is -3.67. The maximum absolute atomic E-state index is 12.9. The Labute approximate surface area is 134 Å². The first-order valence-corrected chi connectivity index (χ1v) is 8.76. The summed E-state index contributed by atoms with van der Waals surface area (Å²) in [6.45, 7) is 3.54. The molecule has 23 heavy (non-hydrogen) atoms. The standard InChI is InChI=1S/C15H17N3O4S/c1-10(19)12-5-7-13(8-6-12)23(20,21)18-9-3-4-14(18)15-16-11(2)17-22-15/h5-8,14H,3-4,9H2,1-2H3. The highest BCUT2D eigenvalue weighted by atomic mass is 32.2. The lowest BCUT2D eigenvalue weighted by Gasteiger charge is -2.21. The van der Waals surface area contributed by atoms with E-state index in [1.807, 2.05) is 0 Å². The molecule has 2 heterocycles. The predicted molar refractivity (Wildman–Crippen MR) is 81.3 cm³/mol. The molecule has 3 rings (SSSR count). The van der Waals surface area contributed by atoms with Gasteiger partial charge < -0.3 is 4.52 Å². The van der Waals surface area contributed by atoms with E-state index in [1.54, 1.807) is 6.92 Å². The van der Waals surface area contributed by atoms with Gasteiger partial charge in [-0.05, 0) is 38.8 Å². The van der Waals surface area contributed by atoms with E-state index in [0.717, 1.165) is 6.42 Å². The third-order valence-corrected chi connectivity index (χ3v) is 5.82. The smallest absolute Gasteiger partial charge is 0.245 e. The zero-order chi connectivity index (χ0) is 16.6. The number of hydrogen-bond acceptors (Lipinski definition) is 6. The first-order chi connectivity index (χ1) is 10.9. The van der Waals surface area contributed by atoms with Crippen LogP contribution < -0.4 is 0 Å². The van der Waals surface area contributed by atoms with Crippen molar-refractivity contribution < 1.29 is 17.7 Å². The van der Waals surface area contributed by atoms with Gasteiger partial charge in [-0.1, -0.05) is 17.3 Å². The highest BCUT2D eigenvalue weighted by Gasteiger charge is 2.39. The summed E-state index contributed by atoms with van der Waals surface area (Å²) in [4.78, 5) is 15.6. The molecule has 0 aliphatic carbocycles. The number of aryl methyl sites for hydroxylation is 1. The molecule has 0 spiro atoms. The van der Waals surface area contributed by atoms with E-state index in [9.17, 15) is 13.2 Å². The average molecular weight is 335 g/mol. The minimum absolute atomic E-state index is 0.102. The van der Waals surface area contributed by atoms with Crippen LogP contribution in [0.1, 0.15) is 47.9 Å². The first-order valence-electron chi connectivity index (χ1n) is 7.32. The van der Waals surface area contributed by atoms with Gasteiger partial charge in [0, 0.05) is 12.1 Å². The largest absolute Gasteiger partial charge is 0.338 e. The Morgan fingerprint density at radius 1 is 1.30 bits per heavy atom. The van der Waals surface area contributed by atoms with Crippen molar-refractivity contribution in [2.75, 3.05) is 6.54 Å². The molecule has 1 atom stereocenters. The molecule has 1 aromatic carbocycles. The molecule has 1 aromatic heterocycles. The van der Waals surface area contributed by atoms with Crippen LogP contribution in [0.15, 0.2) is 33.7 Å². The van der Waals surface area contributed by atoms with E-state index >= 15 is 0 Å². The Bertz CT molecular complexity index is 827. The molecular formula is C15H17N3O4S. The molecule has 0 saturated carbocycles. The number of rotatable bonds is 4. The van der Waals surface area contributed by atoms with Crippen LogP contribution in [-0.2, 0) is 10.0 Å². The molecule has 2 aromatic rings. The number of ketones is 1. The van der Waals surface area contributed by atoms with Gasteiger partial charge >= 0.3 is 0 Å². The number of nitrogens with zero attached hydrogens (tertiary/aromatic N) is 3. The molecule has 0 N–H and O–H groups in total. The van der Waals surface area contributed by atoms with Crippen molar-refractivity contribution in [2.45, 2.75) is 37.6 Å². The summed E-state index contributed by atoms with van der Waals surface area (Å²) in [5.74, 6) is 0.702. The Balaban J connectivity index is 1.93. The second kappa shape index (κ2) is 5.86. The molecular weight excluding hydrogens is 318 g/mol. The van der Waals surface area contributed by atoms with Gasteiger partial charge in [0.2, 0.25) is 15.9 Å². The van der Waals surface area contributed by atoms with E-state index < -0.39 is 16.1 Å². The van der Waals surface area contributed by atoms with Crippen molar-refractivity contribution in [3.63, 3.8) is 0 Å². The lowest BCUT2D eigenvalue weighted by molar-refractivity contribution is 0.101. The number of carbonyl (C=O) groups is 1. The normalized spacial score (nSPS) is 19.1. The molecule has 1 saturated heterocycles. The summed E-state index contributed by atoms with van der Waals surface area (Å²) >= 11 is 0. The second-order valence-electron chi connectivity index (χ2n) is 5.53. The van der Waals surface area contributed by atoms with Gasteiger partial charge in [0.15, 0.2) is 11.6 Å². The summed E-state index contributed by atoms with van der Waals surface area (Å²) in [5.41, 5.74) is 0.481. The minimum atomic E-state index is -3.67. The van der Waals surface area contributed by atoms with Crippen LogP contribution in [0.3, 0.4) is 0 Å². The number of aromatic nitrogens is 2. The molecule has 8 heteroatoms. The topological polar surface area (TPSA) is 93.4 Å². The van der Waals surface area contributed by atoms with Gasteiger partial charge in [-0.25, -0.2) is 8.42 Å². The second-order valence-corrected chi connectivity index (χ2v) is 7.42. The summed E-state index contributed by atoms with van der Waals surface area (Å²) in [6, 6.07) is 5.53. The molecule has 0 radical (unpaired) electrons. The fraction of sp³-hybridized carbons (Fsp3) is 0.400. The quantitative estimate of drug-likeness (QED) is 0.794. The van der Waals surface area contributed by atoms with Gasteiger partial charge in [0.25, 0.3) is 0 Å². The number of Topliss-reactive ketones (excluding diaryl/α,β-unsaturated/α-hetero) is 1. The van der Waals surface area contributed by atoms with Crippen molar-refractivity contribution in [2.24, 2.45) is 0 Å². The SMILES string of the molecule is CC(=O)c1ccc(S(=O)(=O)N2CCCC2c2nc(C)no2)cc1. The first kappa shape index (κ1) is 15.8. The van der Waals surface area contributed by atoms with Crippen LogP contribution in [-0.4, -0.2) is 35.2 Å². The van der Waals surface area contributed by atoms with Crippen molar-refractivity contribution >= 4 is 15.8 Å². The number of carbonyl (C=O) groups excluding carboxylic acids is 1. The molecule has 0 bridgehead atoms. The average Bonchev–Trinajstić information content (AvgIpc) is 3.16. The van der Waals surface area contributed by atoms with Crippen LogP contribution in [0, 0.1) is 6.92 Å². The van der Waals surface area contributed by atoms with Gasteiger partial charge in [0.05, 0.1) is 4.90 Å². The fourth-order valence-electron chi connectivity index (χ4n) is 2.72.